The van der Waals surface area contributed by atoms with Crippen molar-refractivity contribution in [2.45, 2.75) is 32.6 Å². The van der Waals surface area contributed by atoms with Crippen molar-refractivity contribution in [3.63, 3.8) is 0 Å². The molecule has 0 spiro atoms. The van der Waals surface area contributed by atoms with Gasteiger partial charge in [0.2, 0.25) is 0 Å². The summed E-state index contributed by atoms with van der Waals surface area (Å²) in [6, 6.07) is 5.25. The van der Waals surface area contributed by atoms with Crippen molar-refractivity contribution in [1.82, 2.24) is 15.1 Å². The maximum Gasteiger partial charge on any atom is 0.416 e. The molecule has 6 heteroatoms. The van der Waals surface area contributed by atoms with E-state index in [4.69, 9.17) is 0 Å². The average molecular weight is 297 g/mol. The Bertz CT molecular complexity index is 617. The zero-order chi connectivity index (χ0) is 15.6. The van der Waals surface area contributed by atoms with Crippen LogP contribution in [0.25, 0.3) is 0 Å². The highest BCUT2D eigenvalue weighted by Crippen LogP contribution is 2.34. The number of aromatic nitrogens is 2. The number of benzene rings is 1. The van der Waals surface area contributed by atoms with E-state index < -0.39 is 17.8 Å². The third kappa shape index (κ3) is 3.64. The van der Waals surface area contributed by atoms with Crippen molar-refractivity contribution in [1.29, 1.82) is 0 Å². The minimum Gasteiger partial charge on any atom is -0.306 e. The van der Waals surface area contributed by atoms with Crippen LogP contribution in [0.5, 0.6) is 0 Å². The van der Waals surface area contributed by atoms with Gasteiger partial charge in [-0.3, -0.25) is 4.68 Å². The zero-order valence-corrected chi connectivity index (χ0v) is 12.2. The van der Waals surface area contributed by atoms with E-state index >= 15 is 0 Å². The second kappa shape index (κ2) is 5.89. The molecular formula is C15H18F3N3. The van der Waals surface area contributed by atoms with E-state index in [0.29, 0.717) is 6.54 Å². The summed E-state index contributed by atoms with van der Waals surface area (Å²) in [5, 5.41) is 7.34. The molecule has 1 aromatic heterocycles. The van der Waals surface area contributed by atoms with Crippen molar-refractivity contribution in [2.24, 2.45) is 7.05 Å². The highest BCUT2D eigenvalue weighted by molar-refractivity contribution is 5.32. The van der Waals surface area contributed by atoms with Gasteiger partial charge in [-0.2, -0.15) is 18.3 Å². The van der Waals surface area contributed by atoms with Crippen molar-refractivity contribution in [3.05, 3.63) is 52.8 Å². The molecule has 0 bridgehead atoms. The standard InChI is InChI=1S/C15H18F3N3/c1-10-12(9-21(3)20-10)8-19-11(2)13-6-4-5-7-14(13)15(16,17)18/h4-7,9,11,19H,8H2,1-3H3. The minimum atomic E-state index is -4.34. The van der Waals surface area contributed by atoms with Crippen LogP contribution in [-0.2, 0) is 19.8 Å². The molecule has 1 unspecified atom stereocenters. The van der Waals surface area contributed by atoms with Gasteiger partial charge in [0, 0.05) is 31.4 Å². The predicted octanol–water partition coefficient (Wildman–Crippen LogP) is 3.60. The second-order valence-corrected chi connectivity index (χ2v) is 5.10. The quantitative estimate of drug-likeness (QED) is 0.934. The van der Waals surface area contributed by atoms with Crippen LogP contribution in [0.3, 0.4) is 0 Å². The van der Waals surface area contributed by atoms with E-state index in [2.05, 4.69) is 10.4 Å². The predicted molar refractivity (Wildman–Crippen MR) is 74.6 cm³/mol. The summed E-state index contributed by atoms with van der Waals surface area (Å²) in [6.07, 6.45) is -2.47. The van der Waals surface area contributed by atoms with Gasteiger partial charge < -0.3 is 5.32 Å². The minimum absolute atomic E-state index is 0.256. The Morgan fingerprint density at radius 1 is 1.29 bits per heavy atom. The Morgan fingerprint density at radius 3 is 2.52 bits per heavy atom. The summed E-state index contributed by atoms with van der Waals surface area (Å²) in [5.74, 6) is 0. The Balaban J connectivity index is 2.14. The molecule has 114 valence electrons. The first-order chi connectivity index (χ1) is 9.79. The van der Waals surface area contributed by atoms with Gasteiger partial charge in [0.05, 0.1) is 11.3 Å². The molecule has 3 nitrogen and oxygen atoms in total. The monoisotopic (exact) mass is 297 g/mol. The van der Waals surface area contributed by atoms with Gasteiger partial charge in [0.25, 0.3) is 0 Å². The molecule has 1 aromatic carbocycles. The Morgan fingerprint density at radius 2 is 1.95 bits per heavy atom. The van der Waals surface area contributed by atoms with Gasteiger partial charge >= 0.3 is 6.18 Å². The number of aryl methyl sites for hydroxylation is 2. The van der Waals surface area contributed by atoms with Gasteiger partial charge in [0.1, 0.15) is 0 Å². The molecule has 0 aliphatic carbocycles. The first-order valence-electron chi connectivity index (χ1n) is 6.67. The lowest BCUT2D eigenvalue weighted by molar-refractivity contribution is -0.138. The van der Waals surface area contributed by atoms with Crippen LogP contribution in [0.4, 0.5) is 13.2 Å². The van der Waals surface area contributed by atoms with E-state index in [-0.39, 0.29) is 5.56 Å². The molecule has 0 saturated carbocycles. The summed E-state index contributed by atoms with van der Waals surface area (Å²) in [7, 11) is 1.82. The van der Waals surface area contributed by atoms with Crippen LogP contribution in [0.2, 0.25) is 0 Å². The van der Waals surface area contributed by atoms with Gasteiger partial charge in [0.15, 0.2) is 0 Å². The largest absolute Gasteiger partial charge is 0.416 e. The smallest absolute Gasteiger partial charge is 0.306 e. The normalized spacial score (nSPS) is 13.4. The number of rotatable bonds is 4. The molecule has 1 N–H and O–H groups in total. The molecule has 0 aliphatic heterocycles. The van der Waals surface area contributed by atoms with Crippen LogP contribution in [0.15, 0.2) is 30.5 Å². The molecule has 1 heterocycles. The molecule has 0 saturated heterocycles. The van der Waals surface area contributed by atoms with Crippen LogP contribution in [-0.4, -0.2) is 9.78 Å². The zero-order valence-electron chi connectivity index (χ0n) is 12.2. The molecule has 0 amide bonds. The fraction of sp³-hybridized carbons (Fsp3) is 0.400. The Labute approximate surface area is 121 Å². The SMILES string of the molecule is Cc1nn(C)cc1CNC(C)c1ccccc1C(F)(F)F. The van der Waals surface area contributed by atoms with Crippen molar-refractivity contribution < 1.29 is 13.2 Å². The first kappa shape index (κ1) is 15.6. The number of hydrogen-bond donors (Lipinski definition) is 1. The molecule has 2 aromatic rings. The summed E-state index contributed by atoms with van der Waals surface area (Å²) in [4.78, 5) is 0. The van der Waals surface area contributed by atoms with E-state index in [1.165, 1.54) is 12.1 Å². The van der Waals surface area contributed by atoms with Crippen molar-refractivity contribution in [3.8, 4) is 0 Å². The lowest BCUT2D eigenvalue weighted by atomic mass is 10.0. The summed E-state index contributed by atoms with van der Waals surface area (Å²) in [5.41, 5.74) is 1.52. The van der Waals surface area contributed by atoms with Crippen LogP contribution in [0, 0.1) is 6.92 Å². The first-order valence-corrected chi connectivity index (χ1v) is 6.67. The van der Waals surface area contributed by atoms with Gasteiger partial charge in [-0.15, -0.1) is 0 Å². The van der Waals surface area contributed by atoms with Crippen molar-refractivity contribution >= 4 is 0 Å². The fourth-order valence-corrected chi connectivity index (χ4v) is 2.33. The summed E-state index contributed by atoms with van der Waals surface area (Å²) >= 11 is 0. The van der Waals surface area contributed by atoms with Gasteiger partial charge in [-0.1, -0.05) is 18.2 Å². The Hall–Kier alpha value is -1.82. The van der Waals surface area contributed by atoms with Crippen LogP contribution < -0.4 is 5.32 Å². The second-order valence-electron chi connectivity index (χ2n) is 5.10. The van der Waals surface area contributed by atoms with Gasteiger partial charge in [-0.05, 0) is 25.5 Å². The molecular weight excluding hydrogens is 279 g/mol. The highest BCUT2D eigenvalue weighted by Gasteiger charge is 2.34. The number of nitrogens with zero attached hydrogens (tertiary/aromatic N) is 2. The van der Waals surface area contributed by atoms with E-state index in [0.717, 1.165) is 17.3 Å². The van der Waals surface area contributed by atoms with E-state index in [9.17, 15) is 13.2 Å². The summed E-state index contributed by atoms with van der Waals surface area (Å²) < 4.78 is 40.7. The highest BCUT2D eigenvalue weighted by atomic mass is 19.4. The number of halogens is 3. The molecule has 1 atom stereocenters. The Kier molecular flexibility index (Phi) is 4.37. The lowest BCUT2D eigenvalue weighted by Gasteiger charge is -2.19. The maximum atomic E-state index is 13.0. The molecule has 21 heavy (non-hydrogen) atoms. The lowest BCUT2D eigenvalue weighted by Crippen LogP contribution is -2.21. The maximum absolute atomic E-state index is 13.0. The average Bonchev–Trinajstić information content (AvgIpc) is 2.73. The van der Waals surface area contributed by atoms with Crippen LogP contribution >= 0.6 is 0 Å². The summed E-state index contributed by atoms with van der Waals surface area (Å²) in [6.45, 7) is 4.09. The third-order valence-electron chi connectivity index (χ3n) is 3.45. The van der Waals surface area contributed by atoms with E-state index in [1.807, 2.05) is 20.2 Å². The topological polar surface area (TPSA) is 29.9 Å². The number of alkyl halides is 3. The fourth-order valence-electron chi connectivity index (χ4n) is 2.33. The van der Waals surface area contributed by atoms with E-state index in [1.54, 1.807) is 17.7 Å². The van der Waals surface area contributed by atoms with Crippen LogP contribution in [0.1, 0.15) is 35.3 Å². The number of nitrogens with one attached hydrogen (secondary N) is 1. The third-order valence-corrected chi connectivity index (χ3v) is 3.45. The van der Waals surface area contributed by atoms with Crippen molar-refractivity contribution in [2.75, 3.05) is 0 Å². The molecule has 0 fully saturated rings. The number of hydrogen-bond acceptors (Lipinski definition) is 2. The molecule has 2 rings (SSSR count). The molecule has 0 radical (unpaired) electrons. The molecule has 0 aliphatic rings. The van der Waals surface area contributed by atoms with Gasteiger partial charge in [-0.25, -0.2) is 0 Å².